The molecule has 0 N–H and O–H groups in total. The SMILES string of the molecule is CCc1ccc(C(=O)N2CCCC(CCl)C2)s1. The number of halogens is 1. The van der Waals surface area contributed by atoms with Gasteiger partial charge < -0.3 is 4.90 Å². The summed E-state index contributed by atoms with van der Waals surface area (Å²) < 4.78 is 0. The summed E-state index contributed by atoms with van der Waals surface area (Å²) in [5, 5.41) is 0. The maximum absolute atomic E-state index is 12.3. The molecular weight excluding hydrogens is 254 g/mol. The van der Waals surface area contributed by atoms with Crippen LogP contribution in [0.3, 0.4) is 0 Å². The van der Waals surface area contributed by atoms with E-state index in [1.807, 2.05) is 11.0 Å². The van der Waals surface area contributed by atoms with Crippen molar-refractivity contribution in [3.8, 4) is 0 Å². The molecule has 1 unspecified atom stereocenters. The third kappa shape index (κ3) is 3.02. The van der Waals surface area contributed by atoms with Gasteiger partial charge in [0.05, 0.1) is 4.88 Å². The van der Waals surface area contributed by atoms with Gasteiger partial charge in [-0.15, -0.1) is 22.9 Å². The molecule has 0 radical (unpaired) electrons. The van der Waals surface area contributed by atoms with E-state index >= 15 is 0 Å². The van der Waals surface area contributed by atoms with E-state index in [-0.39, 0.29) is 5.91 Å². The van der Waals surface area contributed by atoms with Crippen molar-refractivity contribution in [2.45, 2.75) is 26.2 Å². The van der Waals surface area contributed by atoms with Crippen molar-refractivity contribution in [3.63, 3.8) is 0 Å². The van der Waals surface area contributed by atoms with E-state index in [0.29, 0.717) is 11.8 Å². The van der Waals surface area contributed by atoms with E-state index < -0.39 is 0 Å². The largest absolute Gasteiger partial charge is 0.338 e. The molecule has 0 aliphatic carbocycles. The number of aryl methyl sites for hydroxylation is 1. The van der Waals surface area contributed by atoms with Gasteiger partial charge in [0.25, 0.3) is 5.91 Å². The molecule has 4 heteroatoms. The third-order valence-corrected chi connectivity index (χ3v) is 4.90. The summed E-state index contributed by atoms with van der Waals surface area (Å²) in [5.41, 5.74) is 0. The molecule has 0 bridgehead atoms. The van der Waals surface area contributed by atoms with Crippen molar-refractivity contribution in [2.75, 3.05) is 19.0 Å². The Morgan fingerprint density at radius 1 is 1.59 bits per heavy atom. The number of hydrogen-bond acceptors (Lipinski definition) is 2. The molecule has 1 amide bonds. The minimum atomic E-state index is 0.185. The van der Waals surface area contributed by atoms with Gasteiger partial charge in [-0.25, -0.2) is 0 Å². The summed E-state index contributed by atoms with van der Waals surface area (Å²) in [6.07, 6.45) is 3.23. The fraction of sp³-hybridized carbons (Fsp3) is 0.615. The summed E-state index contributed by atoms with van der Waals surface area (Å²) in [5.74, 6) is 1.32. The average molecular weight is 272 g/mol. The second-order valence-electron chi connectivity index (χ2n) is 4.53. The number of alkyl halides is 1. The lowest BCUT2D eigenvalue weighted by molar-refractivity contribution is 0.0690. The van der Waals surface area contributed by atoms with Crippen LogP contribution in [-0.2, 0) is 6.42 Å². The molecule has 2 nitrogen and oxygen atoms in total. The predicted octanol–water partition coefficient (Wildman–Crippen LogP) is 3.40. The zero-order valence-electron chi connectivity index (χ0n) is 10.1. The van der Waals surface area contributed by atoms with E-state index in [4.69, 9.17) is 11.6 Å². The Balaban J connectivity index is 2.03. The highest BCUT2D eigenvalue weighted by atomic mass is 35.5. The third-order valence-electron chi connectivity index (χ3n) is 3.25. The predicted molar refractivity (Wildman–Crippen MR) is 73.0 cm³/mol. The average Bonchev–Trinajstić information content (AvgIpc) is 2.86. The van der Waals surface area contributed by atoms with Crippen LogP contribution in [0.15, 0.2) is 12.1 Å². The highest BCUT2D eigenvalue weighted by Crippen LogP contribution is 2.23. The molecule has 1 atom stereocenters. The first-order valence-electron chi connectivity index (χ1n) is 6.18. The Bertz CT molecular complexity index is 391. The van der Waals surface area contributed by atoms with Crippen molar-refractivity contribution < 1.29 is 4.79 Å². The Hall–Kier alpha value is -0.540. The zero-order chi connectivity index (χ0) is 12.3. The molecule has 1 aliphatic heterocycles. The molecule has 17 heavy (non-hydrogen) atoms. The number of thiophene rings is 1. The Labute approximate surface area is 112 Å². The van der Waals surface area contributed by atoms with Gasteiger partial charge in [0.1, 0.15) is 0 Å². The van der Waals surface area contributed by atoms with Crippen molar-refractivity contribution in [3.05, 3.63) is 21.9 Å². The fourth-order valence-corrected chi connectivity index (χ4v) is 3.38. The van der Waals surface area contributed by atoms with E-state index in [9.17, 15) is 4.79 Å². The zero-order valence-corrected chi connectivity index (χ0v) is 11.7. The fourth-order valence-electron chi connectivity index (χ4n) is 2.21. The van der Waals surface area contributed by atoms with Gasteiger partial charge in [-0.05, 0) is 37.3 Å². The van der Waals surface area contributed by atoms with Crippen LogP contribution >= 0.6 is 22.9 Å². The maximum Gasteiger partial charge on any atom is 0.263 e. The van der Waals surface area contributed by atoms with Gasteiger partial charge in [0.15, 0.2) is 0 Å². The van der Waals surface area contributed by atoms with Crippen LogP contribution in [0, 0.1) is 5.92 Å². The molecule has 2 heterocycles. The minimum absolute atomic E-state index is 0.185. The van der Waals surface area contributed by atoms with Crippen LogP contribution in [0.5, 0.6) is 0 Å². The van der Waals surface area contributed by atoms with Crippen LogP contribution in [0.4, 0.5) is 0 Å². The summed E-state index contributed by atoms with van der Waals surface area (Å²) in [7, 11) is 0. The van der Waals surface area contributed by atoms with E-state index in [1.54, 1.807) is 11.3 Å². The first kappa shape index (κ1) is 12.9. The molecule has 0 saturated carbocycles. The standard InChI is InChI=1S/C13H18ClNOS/c1-2-11-5-6-12(17-11)13(16)15-7-3-4-10(8-14)9-15/h5-6,10H,2-4,7-9H2,1H3. The number of piperidine rings is 1. The number of amides is 1. The Morgan fingerprint density at radius 2 is 2.41 bits per heavy atom. The monoisotopic (exact) mass is 271 g/mol. The minimum Gasteiger partial charge on any atom is -0.338 e. The van der Waals surface area contributed by atoms with Gasteiger partial charge in [0.2, 0.25) is 0 Å². The van der Waals surface area contributed by atoms with Gasteiger partial charge in [-0.2, -0.15) is 0 Å². The molecule has 1 saturated heterocycles. The molecular formula is C13H18ClNOS. The number of carbonyl (C=O) groups excluding carboxylic acids is 1. The molecule has 1 aliphatic rings. The summed E-state index contributed by atoms with van der Waals surface area (Å²) >= 11 is 7.51. The van der Waals surface area contributed by atoms with Gasteiger partial charge in [0, 0.05) is 23.8 Å². The first-order chi connectivity index (χ1) is 8.24. The molecule has 1 aromatic heterocycles. The Kier molecular flexibility index (Phi) is 4.46. The summed E-state index contributed by atoms with van der Waals surface area (Å²) in [6.45, 7) is 3.82. The number of rotatable bonds is 3. The number of likely N-dealkylation sites (tertiary alicyclic amines) is 1. The van der Waals surface area contributed by atoms with Crippen molar-refractivity contribution in [1.82, 2.24) is 4.90 Å². The highest BCUT2D eigenvalue weighted by molar-refractivity contribution is 7.14. The molecule has 1 fully saturated rings. The molecule has 2 rings (SSSR count). The van der Waals surface area contributed by atoms with Crippen molar-refractivity contribution in [2.24, 2.45) is 5.92 Å². The van der Waals surface area contributed by atoms with E-state index in [0.717, 1.165) is 37.2 Å². The summed E-state index contributed by atoms with van der Waals surface area (Å²) in [4.78, 5) is 16.4. The Morgan fingerprint density at radius 3 is 3.06 bits per heavy atom. The lowest BCUT2D eigenvalue weighted by Gasteiger charge is -2.31. The van der Waals surface area contributed by atoms with Crippen LogP contribution in [-0.4, -0.2) is 29.8 Å². The number of hydrogen-bond donors (Lipinski definition) is 0. The van der Waals surface area contributed by atoms with Gasteiger partial charge in [-0.3, -0.25) is 4.79 Å². The van der Waals surface area contributed by atoms with Crippen molar-refractivity contribution in [1.29, 1.82) is 0 Å². The van der Waals surface area contributed by atoms with Crippen molar-refractivity contribution >= 4 is 28.8 Å². The van der Waals surface area contributed by atoms with Gasteiger partial charge >= 0.3 is 0 Å². The van der Waals surface area contributed by atoms with Gasteiger partial charge in [-0.1, -0.05) is 6.92 Å². The second-order valence-corrected chi connectivity index (χ2v) is 6.01. The van der Waals surface area contributed by atoms with Crippen LogP contribution in [0.25, 0.3) is 0 Å². The maximum atomic E-state index is 12.3. The quantitative estimate of drug-likeness (QED) is 0.772. The van der Waals surface area contributed by atoms with E-state index in [2.05, 4.69) is 13.0 Å². The van der Waals surface area contributed by atoms with Crippen LogP contribution < -0.4 is 0 Å². The molecule has 0 aromatic carbocycles. The molecule has 1 aromatic rings. The summed E-state index contributed by atoms with van der Waals surface area (Å²) in [6, 6.07) is 4.01. The molecule has 94 valence electrons. The normalized spacial score (nSPS) is 20.6. The molecule has 0 spiro atoms. The first-order valence-corrected chi connectivity index (χ1v) is 7.53. The topological polar surface area (TPSA) is 20.3 Å². The second kappa shape index (κ2) is 5.87. The lowest BCUT2D eigenvalue weighted by Crippen LogP contribution is -2.40. The number of carbonyl (C=O) groups is 1. The van der Waals surface area contributed by atoms with Crippen LogP contribution in [0.2, 0.25) is 0 Å². The highest BCUT2D eigenvalue weighted by Gasteiger charge is 2.24. The number of nitrogens with zero attached hydrogens (tertiary/aromatic N) is 1. The van der Waals surface area contributed by atoms with E-state index in [1.165, 1.54) is 4.88 Å². The smallest absolute Gasteiger partial charge is 0.263 e. The lowest BCUT2D eigenvalue weighted by atomic mass is 10.00. The van der Waals surface area contributed by atoms with Crippen LogP contribution in [0.1, 0.15) is 34.3 Å².